The van der Waals surface area contributed by atoms with E-state index in [1.54, 1.807) is 6.92 Å². The highest BCUT2D eigenvalue weighted by atomic mass is 79.9. The molecule has 2 unspecified atom stereocenters. The Labute approximate surface area is 85.9 Å². The summed E-state index contributed by atoms with van der Waals surface area (Å²) >= 11 is 5.76. The maximum Gasteiger partial charge on any atom is 0.297 e. The van der Waals surface area contributed by atoms with Crippen LogP contribution in [0, 0.1) is 0 Å². The molecule has 0 spiro atoms. The lowest BCUT2D eigenvalue weighted by Gasteiger charge is -2.14. The Hall–Kier alpha value is 0.450. The van der Waals surface area contributed by atoms with E-state index in [0.29, 0.717) is 6.61 Å². The van der Waals surface area contributed by atoms with Gasteiger partial charge in [-0.25, -0.2) is 8.78 Å². The molecule has 2 nitrogen and oxygen atoms in total. The average Bonchev–Trinajstić information content (AvgIpc) is 2.02. The molecule has 0 aliphatic rings. The minimum absolute atomic E-state index is 0.356. The second kappa shape index (κ2) is 5.99. The topological polar surface area (TPSA) is 26.3 Å². The van der Waals surface area contributed by atoms with Gasteiger partial charge in [-0.15, -0.1) is 0 Å². The van der Waals surface area contributed by atoms with Crippen LogP contribution in [0.3, 0.4) is 0 Å². The fourth-order valence-electron chi connectivity index (χ4n) is 0.493. The van der Waals surface area contributed by atoms with Crippen LogP contribution in [0.15, 0.2) is 0 Å². The van der Waals surface area contributed by atoms with Crippen LogP contribution >= 0.6 is 31.9 Å². The molecule has 2 atom stereocenters. The van der Waals surface area contributed by atoms with Gasteiger partial charge in [-0.2, -0.15) is 0 Å². The first-order valence-electron chi connectivity index (χ1n) is 3.22. The molecular formula is C6H8Br2F2O2. The molecule has 0 aliphatic carbocycles. The summed E-state index contributed by atoms with van der Waals surface area (Å²) in [6, 6.07) is 0. The third kappa shape index (κ3) is 3.91. The van der Waals surface area contributed by atoms with Crippen LogP contribution in [0.5, 0.6) is 0 Å². The van der Waals surface area contributed by atoms with Gasteiger partial charge in [0.25, 0.3) is 6.43 Å². The number of hydrogen-bond donors (Lipinski definition) is 0. The zero-order valence-electron chi connectivity index (χ0n) is 6.27. The molecule has 0 amide bonds. The average molecular weight is 310 g/mol. The molecule has 0 aliphatic heterocycles. The van der Waals surface area contributed by atoms with Gasteiger partial charge in [-0.05, 0) is 6.92 Å². The summed E-state index contributed by atoms with van der Waals surface area (Å²) in [7, 11) is 0. The van der Waals surface area contributed by atoms with Crippen LogP contribution in [-0.4, -0.2) is 28.7 Å². The Balaban J connectivity index is 4.00. The Morgan fingerprint density at radius 2 is 2.00 bits per heavy atom. The lowest BCUT2D eigenvalue weighted by atomic mass is 10.3. The molecule has 0 saturated heterocycles. The van der Waals surface area contributed by atoms with Crippen molar-refractivity contribution in [1.82, 2.24) is 0 Å². The van der Waals surface area contributed by atoms with E-state index in [0.717, 1.165) is 0 Å². The van der Waals surface area contributed by atoms with Crippen molar-refractivity contribution in [2.45, 2.75) is 23.2 Å². The first-order chi connectivity index (χ1) is 5.50. The fourth-order valence-corrected chi connectivity index (χ4v) is 1.37. The number of hydrogen-bond acceptors (Lipinski definition) is 2. The van der Waals surface area contributed by atoms with Crippen molar-refractivity contribution in [2.75, 3.05) is 6.61 Å². The molecule has 0 radical (unpaired) electrons. The van der Waals surface area contributed by atoms with Gasteiger partial charge in [-0.1, -0.05) is 31.9 Å². The van der Waals surface area contributed by atoms with Crippen LogP contribution in [0.2, 0.25) is 0 Å². The van der Waals surface area contributed by atoms with E-state index in [4.69, 9.17) is 4.74 Å². The van der Waals surface area contributed by atoms with Crippen LogP contribution < -0.4 is 0 Å². The van der Waals surface area contributed by atoms with Crippen LogP contribution in [0.25, 0.3) is 0 Å². The van der Waals surface area contributed by atoms with Gasteiger partial charge in [0.1, 0.15) is 9.84 Å². The summed E-state index contributed by atoms with van der Waals surface area (Å²) < 4.78 is 28.5. The van der Waals surface area contributed by atoms with Crippen LogP contribution in [-0.2, 0) is 9.53 Å². The van der Waals surface area contributed by atoms with Gasteiger partial charge in [0.05, 0.1) is 0 Å². The van der Waals surface area contributed by atoms with Gasteiger partial charge in [0.2, 0.25) is 5.78 Å². The van der Waals surface area contributed by atoms with E-state index in [2.05, 4.69) is 31.9 Å². The number of Topliss-reactive ketones (excluding diaryl/α,β-unsaturated/α-hetero) is 1. The summed E-state index contributed by atoms with van der Waals surface area (Å²) in [4.78, 5) is 9.65. The quantitative estimate of drug-likeness (QED) is 0.729. The van der Waals surface area contributed by atoms with E-state index in [9.17, 15) is 13.6 Å². The Morgan fingerprint density at radius 3 is 2.33 bits per heavy atom. The van der Waals surface area contributed by atoms with Gasteiger partial charge < -0.3 is 4.74 Å². The van der Waals surface area contributed by atoms with Crippen molar-refractivity contribution in [3.63, 3.8) is 0 Å². The van der Waals surface area contributed by atoms with E-state index in [1.165, 1.54) is 0 Å². The number of ether oxygens (including phenoxy) is 1. The third-order valence-electron chi connectivity index (χ3n) is 1.04. The Bertz CT molecular complexity index is 154. The molecule has 0 aromatic heterocycles. The number of ketones is 1. The normalized spacial score (nSPS) is 16.2. The fraction of sp³-hybridized carbons (Fsp3) is 0.833. The maximum atomic E-state index is 11.8. The molecule has 0 heterocycles. The second-order valence-corrected chi connectivity index (χ2v) is 3.80. The summed E-state index contributed by atoms with van der Waals surface area (Å²) in [5, 5.41) is -0.705. The summed E-state index contributed by atoms with van der Waals surface area (Å²) in [6.07, 6.45) is -2.96. The smallest absolute Gasteiger partial charge is 0.297 e. The largest absolute Gasteiger partial charge is 0.366 e. The minimum atomic E-state index is -2.96. The number of carbonyl (C=O) groups is 1. The Kier molecular flexibility index (Phi) is 6.21. The number of halogens is 4. The van der Waals surface area contributed by atoms with Crippen molar-refractivity contribution in [3.8, 4) is 0 Å². The number of rotatable bonds is 5. The third-order valence-corrected chi connectivity index (χ3v) is 3.48. The zero-order chi connectivity index (χ0) is 9.72. The molecule has 12 heavy (non-hydrogen) atoms. The summed E-state index contributed by atoms with van der Waals surface area (Å²) in [5.74, 6) is -1.18. The van der Waals surface area contributed by atoms with Gasteiger partial charge in [0.15, 0.2) is 0 Å². The molecular weight excluding hydrogens is 302 g/mol. The highest BCUT2D eigenvalue weighted by Crippen LogP contribution is 2.19. The lowest BCUT2D eigenvalue weighted by molar-refractivity contribution is -0.130. The monoisotopic (exact) mass is 308 g/mol. The molecule has 6 heteroatoms. The van der Waals surface area contributed by atoms with E-state index >= 15 is 0 Å². The van der Waals surface area contributed by atoms with E-state index in [-0.39, 0.29) is 0 Å². The molecule has 0 aromatic rings. The number of alkyl halides is 4. The molecule has 0 N–H and O–H groups in total. The molecule has 0 bridgehead atoms. The maximum absolute atomic E-state index is 11.8. The standard InChI is InChI=1S/C6H8Br2F2O2/c1-2-12-5(8)3(7)4(11)6(9)10/h3,5-6H,2H2,1H3. The predicted molar refractivity (Wildman–Crippen MR) is 48.1 cm³/mol. The first kappa shape index (κ1) is 12.4. The second-order valence-electron chi connectivity index (χ2n) is 1.91. The highest BCUT2D eigenvalue weighted by Gasteiger charge is 2.30. The SMILES string of the molecule is CCOC(Br)C(Br)C(=O)C(F)F. The molecule has 0 rings (SSSR count). The zero-order valence-corrected chi connectivity index (χ0v) is 9.44. The van der Waals surface area contributed by atoms with Crippen LogP contribution in [0.4, 0.5) is 8.78 Å². The predicted octanol–water partition coefficient (Wildman–Crippen LogP) is 2.34. The van der Waals surface area contributed by atoms with Crippen molar-refractivity contribution in [3.05, 3.63) is 0 Å². The summed E-state index contributed by atoms with van der Waals surface area (Å²) in [6.45, 7) is 2.06. The summed E-state index contributed by atoms with van der Waals surface area (Å²) in [5.41, 5.74) is 0. The molecule has 0 saturated carbocycles. The van der Waals surface area contributed by atoms with Crippen molar-refractivity contribution >= 4 is 37.6 Å². The molecule has 0 fully saturated rings. The first-order valence-corrected chi connectivity index (χ1v) is 5.05. The Morgan fingerprint density at radius 1 is 1.50 bits per heavy atom. The van der Waals surface area contributed by atoms with Crippen molar-refractivity contribution < 1.29 is 18.3 Å². The van der Waals surface area contributed by atoms with Gasteiger partial charge >= 0.3 is 0 Å². The number of carbonyl (C=O) groups excluding carboxylic acids is 1. The minimum Gasteiger partial charge on any atom is -0.366 e. The van der Waals surface area contributed by atoms with Gasteiger partial charge in [0, 0.05) is 6.61 Å². The van der Waals surface area contributed by atoms with Crippen LogP contribution in [0.1, 0.15) is 6.92 Å². The molecule has 72 valence electrons. The molecule has 0 aromatic carbocycles. The van der Waals surface area contributed by atoms with Gasteiger partial charge in [-0.3, -0.25) is 4.79 Å². The highest BCUT2D eigenvalue weighted by molar-refractivity contribution is 9.12. The van der Waals surface area contributed by atoms with E-state index in [1.807, 2.05) is 0 Å². The van der Waals surface area contributed by atoms with Crippen molar-refractivity contribution in [1.29, 1.82) is 0 Å². The lowest BCUT2D eigenvalue weighted by Crippen LogP contribution is -2.31. The van der Waals surface area contributed by atoms with Crippen molar-refractivity contribution in [2.24, 2.45) is 0 Å². The van der Waals surface area contributed by atoms with E-state index < -0.39 is 22.0 Å².